The molecule has 0 aliphatic heterocycles. The highest BCUT2D eigenvalue weighted by molar-refractivity contribution is 7.64. The molecule has 4 aromatic rings. The van der Waals surface area contributed by atoms with Crippen LogP contribution in [0, 0.1) is 13.8 Å². The number of ether oxygens (including phenoxy) is 4. The third-order valence-corrected chi connectivity index (χ3v) is 12.1. The number of aliphatic hydroxyl groups is 2. The summed E-state index contributed by atoms with van der Waals surface area (Å²) in [6.07, 6.45) is 2.50. The van der Waals surface area contributed by atoms with Crippen molar-refractivity contribution >= 4 is 38.0 Å². The van der Waals surface area contributed by atoms with Crippen molar-refractivity contribution in [3.8, 4) is 0 Å². The van der Waals surface area contributed by atoms with Gasteiger partial charge >= 0.3 is 23.3 Å². The smallest absolute Gasteiger partial charge is 0.342 e. The van der Waals surface area contributed by atoms with Crippen LogP contribution in [0.15, 0.2) is 104 Å². The first-order valence-electron chi connectivity index (χ1n) is 19.3. The molecule has 2 unspecified atom stereocenters. The van der Waals surface area contributed by atoms with Gasteiger partial charge in [-0.2, -0.15) is 9.13 Å². The number of aromatic nitrogens is 4. The zero-order valence-electron chi connectivity index (χ0n) is 36.5. The van der Waals surface area contributed by atoms with Gasteiger partial charge in [-0.05, 0) is 64.8 Å². The molecule has 22 heteroatoms. The average Bonchev–Trinajstić information content (AvgIpc) is 3.25. The van der Waals surface area contributed by atoms with E-state index in [0.29, 0.717) is 9.13 Å². The Morgan fingerprint density at radius 1 is 0.625 bits per heavy atom. The average molecular weight is 931 g/mol. The fourth-order valence-electron chi connectivity index (χ4n) is 5.74. The first kappa shape index (κ1) is 52.5. The van der Waals surface area contributed by atoms with Crippen molar-refractivity contribution in [2.24, 2.45) is 0 Å². The maximum absolute atomic E-state index is 12.8. The SMILES string of the molecule is COC(=O)C(OC/C=C\Cn1cc(C)c(=O)n(C(=O)c2ccccc2)c1=O)P(C)(C)=O.COC(=O)C(OC[C@H](O)[C@H](O)Cn1cc(C)c(=O)n(C(=O)c2ccccc2)c1=O)P(C)(C)=O. The van der Waals surface area contributed by atoms with Crippen molar-refractivity contribution in [2.75, 3.05) is 54.1 Å². The molecule has 20 nitrogen and oxygen atoms in total. The van der Waals surface area contributed by atoms with Crippen LogP contribution in [0.5, 0.6) is 0 Å². The fraction of sp³-hybridized carbons (Fsp3) is 0.381. The van der Waals surface area contributed by atoms with Crippen molar-refractivity contribution in [2.45, 2.75) is 50.8 Å². The van der Waals surface area contributed by atoms with Crippen LogP contribution in [-0.4, -0.2) is 130 Å². The molecule has 2 heterocycles. The Kier molecular flexibility index (Phi) is 19.0. The predicted octanol–water partition coefficient (Wildman–Crippen LogP) is 1.57. The Hall–Kier alpha value is -5.88. The molecule has 4 atom stereocenters. The van der Waals surface area contributed by atoms with E-state index in [4.69, 9.17) is 9.47 Å². The maximum atomic E-state index is 12.8. The summed E-state index contributed by atoms with van der Waals surface area (Å²) in [5, 5.41) is 20.6. The highest BCUT2D eigenvalue weighted by Crippen LogP contribution is 2.44. The van der Waals surface area contributed by atoms with Gasteiger partial charge in [-0.15, -0.1) is 0 Å². The van der Waals surface area contributed by atoms with Gasteiger partial charge in [-0.25, -0.2) is 19.2 Å². The molecule has 0 saturated carbocycles. The summed E-state index contributed by atoms with van der Waals surface area (Å²) in [6.45, 7) is 7.35. The number of benzene rings is 2. The van der Waals surface area contributed by atoms with E-state index in [1.165, 1.54) is 88.8 Å². The molecule has 2 aromatic carbocycles. The van der Waals surface area contributed by atoms with Gasteiger partial charge in [0.15, 0.2) is 0 Å². The number of hydrogen-bond acceptors (Lipinski definition) is 16. The number of aliphatic hydroxyl groups excluding tert-OH is 2. The Morgan fingerprint density at radius 2 is 1.03 bits per heavy atom. The number of methoxy groups -OCH3 is 2. The zero-order valence-corrected chi connectivity index (χ0v) is 38.3. The zero-order chi connectivity index (χ0) is 48.1. The minimum atomic E-state index is -3.09. The van der Waals surface area contributed by atoms with Crippen molar-refractivity contribution in [3.63, 3.8) is 0 Å². The van der Waals surface area contributed by atoms with E-state index < -0.39 is 97.6 Å². The molecule has 0 bridgehead atoms. The molecule has 0 spiro atoms. The molecule has 0 amide bonds. The Bertz CT molecular complexity index is 2680. The van der Waals surface area contributed by atoms with Gasteiger partial charge < -0.3 is 38.3 Å². The number of rotatable bonds is 17. The van der Waals surface area contributed by atoms with Gasteiger partial charge in [0.2, 0.25) is 11.7 Å². The number of esters is 2. The van der Waals surface area contributed by atoms with Gasteiger partial charge in [-0.3, -0.25) is 28.3 Å². The van der Waals surface area contributed by atoms with Gasteiger partial charge in [0, 0.05) is 41.2 Å². The first-order chi connectivity index (χ1) is 30.0. The summed E-state index contributed by atoms with van der Waals surface area (Å²) in [4.78, 5) is 99.3. The largest absolute Gasteiger partial charge is 0.467 e. The van der Waals surface area contributed by atoms with Crippen LogP contribution in [-0.2, 0) is 50.8 Å². The van der Waals surface area contributed by atoms with Crippen molar-refractivity contribution in [1.29, 1.82) is 0 Å². The normalized spacial score (nSPS) is 13.5. The van der Waals surface area contributed by atoms with Crippen LogP contribution in [0.4, 0.5) is 0 Å². The van der Waals surface area contributed by atoms with Crippen LogP contribution in [0.2, 0.25) is 0 Å². The molecule has 64 heavy (non-hydrogen) atoms. The summed E-state index contributed by atoms with van der Waals surface area (Å²) in [5.41, 5.74) is -2.59. The molecule has 0 fully saturated rings. The quantitative estimate of drug-likeness (QED) is 0.0864. The Morgan fingerprint density at radius 3 is 1.45 bits per heavy atom. The minimum absolute atomic E-state index is 0.0399. The number of carbonyl (C=O) groups is 4. The second-order valence-corrected chi connectivity index (χ2v) is 21.7. The number of aryl methyl sites for hydroxylation is 2. The van der Waals surface area contributed by atoms with Crippen LogP contribution in [0.3, 0.4) is 0 Å². The Labute approximate surface area is 367 Å². The first-order valence-corrected chi connectivity index (χ1v) is 24.6. The molecule has 4 rings (SSSR count). The minimum Gasteiger partial charge on any atom is -0.467 e. The highest BCUT2D eigenvalue weighted by atomic mass is 31.2. The summed E-state index contributed by atoms with van der Waals surface area (Å²) < 4.78 is 47.4. The van der Waals surface area contributed by atoms with E-state index in [1.807, 2.05) is 0 Å². The molecular formula is C42H52N4O16P2. The van der Waals surface area contributed by atoms with Crippen LogP contribution in [0.25, 0.3) is 0 Å². The monoisotopic (exact) mass is 930 g/mol. The molecule has 2 aromatic heterocycles. The summed E-state index contributed by atoms with van der Waals surface area (Å²) >= 11 is 0. The number of nitrogens with zero attached hydrogens (tertiary/aromatic N) is 4. The maximum Gasteiger partial charge on any atom is 0.342 e. The van der Waals surface area contributed by atoms with Crippen molar-refractivity contribution in [1.82, 2.24) is 18.3 Å². The van der Waals surface area contributed by atoms with E-state index in [2.05, 4.69) is 9.47 Å². The molecule has 0 aliphatic rings. The lowest BCUT2D eigenvalue weighted by Crippen LogP contribution is -2.47. The van der Waals surface area contributed by atoms with Gasteiger partial charge in [0.25, 0.3) is 22.9 Å². The van der Waals surface area contributed by atoms with Crippen LogP contribution in [0.1, 0.15) is 31.8 Å². The van der Waals surface area contributed by atoms with E-state index in [9.17, 15) is 57.7 Å². The van der Waals surface area contributed by atoms with Crippen LogP contribution >= 0.6 is 14.3 Å². The lowest BCUT2D eigenvalue weighted by Gasteiger charge is -2.24. The molecule has 0 radical (unpaired) electrons. The van der Waals surface area contributed by atoms with Gasteiger partial charge in [-0.1, -0.05) is 48.6 Å². The molecular weight excluding hydrogens is 878 g/mol. The molecule has 0 aliphatic carbocycles. The van der Waals surface area contributed by atoms with E-state index >= 15 is 0 Å². The summed E-state index contributed by atoms with van der Waals surface area (Å²) in [5.74, 6) is -5.76. The predicted molar refractivity (Wildman–Crippen MR) is 235 cm³/mol. The third kappa shape index (κ3) is 13.8. The van der Waals surface area contributed by atoms with Gasteiger partial charge in [0.1, 0.15) is 26.5 Å². The van der Waals surface area contributed by atoms with E-state index in [1.54, 1.807) is 48.6 Å². The fourth-order valence-corrected chi connectivity index (χ4v) is 7.86. The lowest BCUT2D eigenvalue weighted by molar-refractivity contribution is -0.151. The summed E-state index contributed by atoms with van der Waals surface area (Å²) in [7, 11) is -3.69. The van der Waals surface area contributed by atoms with Crippen molar-refractivity contribution in [3.05, 3.63) is 149 Å². The number of carbonyl (C=O) groups excluding carboxylic acids is 4. The second kappa shape index (κ2) is 23.2. The topological polar surface area (TPSA) is 268 Å². The van der Waals surface area contributed by atoms with Crippen LogP contribution < -0.4 is 22.5 Å². The summed E-state index contributed by atoms with van der Waals surface area (Å²) in [6, 6.07) is 15.8. The third-order valence-electron chi connectivity index (χ3n) is 9.11. The van der Waals surface area contributed by atoms with Gasteiger partial charge in [0.05, 0.1) is 34.0 Å². The Balaban J connectivity index is 0.000000341. The molecule has 2 N–H and O–H groups in total. The van der Waals surface area contributed by atoms with E-state index in [-0.39, 0.29) is 35.4 Å². The second-order valence-electron chi connectivity index (χ2n) is 15.0. The lowest BCUT2D eigenvalue weighted by atomic mass is 10.2. The number of hydrogen-bond donors (Lipinski definition) is 2. The molecule has 346 valence electrons. The van der Waals surface area contributed by atoms with Crippen molar-refractivity contribution < 1.29 is 57.5 Å². The van der Waals surface area contributed by atoms with E-state index in [0.717, 1.165) is 11.7 Å². The molecule has 0 saturated heterocycles. The number of allylic oxidation sites excluding steroid dienone is 1. The highest BCUT2D eigenvalue weighted by Gasteiger charge is 2.34. The standard InChI is InChI=1S/C21H27N2O9P.C21H25N2O7P/c1-13-10-22(21(29)23(17(13)26)18(27)14-8-6-5-7-9-14)11-15(24)16(25)12-32-20(19(28)31-2)33(3,4)30;1-15-14-22(12-8-9-13-30-20(19(26)29-2)31(3,4)28)21(27)23(17(15)24)18(25)16-10-6-5-7-11-16/h5-10,15-16,20,24-25H,11-12H2,1-4H3;5-11,14,20H,12-13H2,1-4H3/b;9-8-/t15-,16+,20?;/m1./s1.